The predicted molar refractivity (Wildman–Crippen MR) is 89.6 cm³/mol. The van der Waals surface area contributed by atoms with Gasteiger partial charge in [0, 0.05) is 19.2 Å². The lowest BCUT2D eigenvalue weighted by Gasteiger charge is -2.10. The molecule has 112 valence electrons. The Morgan fingerprint density at radius 1 is 1.25 bits per heavy atom. The number of hydrogen-bond acceptors (Lipinski definition) is 4. The van der Waals surface area contributed by atoms with Gasteiger partial charge in [0.15, 0.2) is 0 Å². The maximum atomic E-state index is 11.5. The van der Waals surface area contributed by atoms with Gasteiger partial charge in [0.25, 0.3) is 5.91 Å². The summed E-state index contributed by atoms with van der Waals surface area (Å²) in [6.07, 6.45) is 7.11. The average molecular weight is 295 g/mol. The van der Waals surface area contributed by atoms with E-state index >= 15 is 0 Å². The first-order valence-electron chi connectivity index (χ1n) is 7.03. The molecule has 5 heteroatoms. The Labute approximate surface area is 125 Å². The molecule has 0 radical (unpaired) electrons. The van der Waals surface area contributed by atoms with Gasteiger partial charge < -0.3 is 16.4 Å². The maximum absolute atomic E-state index is 11.5. The Balaban J connectivity index is 2.32. The van der Waals surface area contributed by atoms with E-state index in [4.69, 9.17) is 5.73 Å². The first-order valence-corrected chi connectivity index (χ1v) is 8.43. The fraction of sp³-hybridized carbons (Fsp3) is 0.533. The van der Waals surface area contributed by atoms with Crippen molar-refractivity contribution < 1.29 is 4.79 Å². The highest BCUT2D eigenvalue weighted by atomic mass is 32.2. The van der Waals surface area contributed by atoms with Gasteiger partial charge >= 0.3 is 0 Å². The Morgan fingerprint density at radius 3 is 2.65 bits per heavy atom. The van der Waals surface area contributed by atoms with Crippen LogP contribution < -0.4 is 16.4 Å². The molecule has 1 aromatic carbocycles. The van der Waals surface area contributed by atoms with Crippen LogP contribution >= 0.6 is 11.8 Å². The second-order valence-electron chi connectivity index (χ2n) is 4.71. The minimum absolute atomic E-state index is 0.114. The molecule has 4 N–H and O–H groups in total. The topological polar surface area (TPSA) is 67.2 Å². The Morgan fingerprint density at radius 2 is 2.00 bits per heavy atom. The maximum Gasteiger partial charge on any atom is 0.251 e. The van der Waals surface area contributed by atoms with E-state index in [2.05, 4.69) is 16.9 Å². The van der Waals surface area contributed by atoms with Gasteiger partial charge in [-0.1, -0.05) is 12.8 Å². The number of carbonyl (C=O) groups excluding carboxylic acids is 1. The van der Waals surface area contributed by atoms with Crippen molar-refractivity contribution >= 4 is 29.0 Å². The van der Waals surface area contributed by atoms with Crippen molar-refractivity contribution in [2.45, 2.75) is 25.7 Å². The molecule has 1 rings (SSSR count). The van der Waals surface area contributed by atoms with Gasteiger partial charge in [0.1, 0.15) is 0 Å². The molecule has 1 aromatic rings. The zero-order valence-corrected chi connectivity index (χ0v) is 13.2. The fourth-order valence-electron chi connectivity index (χ4n) is 1.96. The molecule has 20 heavy (non-hydrogen) atoms. The van der Waals surface area contributed by atoms with E-state index in [0.29, 0.717) is 11.3 Å². The normalized spacial score (nSPS) is 10.3. The van der Waals surface area contributed by atoms with Crippen LogP contribution in [0.5, 0.6) is 0 Å². The fourth-order valence-corrected chi connectivity index (χ4v) is 2.45. The number of nitrogen functional groups attached to an aromatic ring is 1. The van der Waals surface area contributed by atoms with Crippen molar-refractivity contribution in [2.75, 3.05) is 36.7 Å². The molecule has 0 spiro atoms. The molecule has 0 heterocycles. The van der Waals surface area contributed by atoms with E-state index in [1.165, 1.54) is 25.0 Å². The summed E-state index contributed by atoms with van der Waals surface area (Å²) in [4.78, 5) is 11.5. The standard InChI is InChI=1S/C15H25N3OS/c1-17-15(19)12-7-8-14(13(16)11-12)18-9-5-3-4-6-10-20-2/h7-8,11,18H,3-6,9-10,16H2,1-2H3,(H,17,19). The number of amides is 1. The summed E-state index contributed by atoms with van der Waals surface area (Å²) in [5, 5.41) is 5.91. The highest BCUT2D eigenvalue weighted by Crippen LogP contribution is 2.20. The van der Waals surface area contributed by atoms with E-state index in [0.717, 1.165) is 18.7 Å². The lowest BCUT2D eigenvalue weighted by atomic mass is 10.1. The summed E-state index contributed by atoms with van der Waals surface area (Å²) in [5.41, 5.74) is 8.06. The highest BCUT2D eigenvalue weighted by molar-refractivity contribution is 7.98. The molecule has 0 saturated carbocycles. The third-order valence-electron chi connectivity index (χ3n) is 3.13. The van der Waals surface area contributed by atoms with Crippen LogP contribution in [-0.4, -0.2) is 31.5 Å². The Bertz CT molecular complexity index is 424. The van der Waals surface area contributed by atoms with Crippen LogP contribution in [0.25, 0.3) is 0 Å². The molecular formula is C15H25N3OS. The van der Waals surface area contributed by atoms with E-state index < -0.39 is 0 Å². The van der Waals surface area contributed by atoms with E-state index in [1.54, 1.807) is 19.2 Å². The minimum Gasteiger partial charge on any atom is -0.397 e. The first kappa shape index (κ1) is 16.7. The number of benzene rings is 1. The predicted octanol–water partition coefficient (Wildman–Crippen LogP) is 2.96. The summed E-state index contributed by atoms with van der Waals surface area (Å²) in [6, 6.07) is 5.36. The molecule has 0 aliphatic carbocycles. The zero-order valence-electron chi connectivity index (χ0n) is 12.4. The lowest BCUT2D eigenvalue weighted by Crippen LogP contribution is -2.18. The summed E-state index contributed by atoms with van der Waals surface area (Å²) in [5.74, 6) is 1.14. The van der Waals surface area contributed by atoms with Crippen LogP contribution in [0.1, 0.15) is 36.0 Å². The van der Waals surface area contributed by atoms with Gasteiger partial charge in [0.05, 0.1) is 11.4 Å². The largest absolute Gasteiger partial charge is 0.397 e. The second-order valence-corrected chi connectivity index (χ2v) is 5.70. The molecule has 0 unspecified atom stereocenters. The van der Waals surface area contributed by atoms with E-state index in [-0.39, 0.29) is 5.91 Å². The van der Waals surface area contributed by atoms with Crippen molar-refractivity contribution in [3.05, 3.63) is 23.8 Å². The SMILES string of the molecule is CNC(=O)c1ccc(NCCCCCCSC)c(N)c1. The average Bonchev–Trinajstić information content (AvgIpc) is 2.46. The number of nitrogens with two attached hydrogens (primary N) is 1. The Kier molecular flexibility index (Phi) is 7.95. The third kappa shape index (κ3) is 5.74. The number of rotatable bonds is 9. The number of thioether (sulfide) groups is 1. The molecule has 0 aliphatic heterocycles. The van der Waals surface area contributed by atoms with Crippen molar-refractivity contribution in [1.82, 2.24) is 5.32 Å². The number of nitrogens with one attached hydrogen (secondary N) is 2. The number of unbranched alkanes of at least 4 members (excludes halogenated alkanes) is 3. The van der Waals surface area contributed by atoms with Gasteiger partial charge in [-0.2, -0.15) is 11.8 Å². The van der Waals surface area contributed by atoms with Crippen LogP contribution in [0.3, 0.4) is 0 Å². The number of carbonyl (C=O) groups is 1. The quantitative estimate of drug-likeness (QED) is 0.484. The molecule has 0 bridgehead atoms. The summed E-state index contributed by atoms with van der Waals surface area (Å²) < 4.78 is 0. The first-order chi connectivity index (χ1) is 9.69. The van der Waals surface area contributed by atoms with Crippen molar-refractivity contribution in [3.8, 4) is 0 Å². The Hall–Kier alpha value is -1.36. The molecule has 0 fully saturated rings. The van der Waals surface area contributed by atoms with Crippen molar-refractivity contribution in [2.24, 2.45) is 0 Å². The van der Waals surface area contributed by atoms with Gasteiger partial charge in [-0.25, -0.2) is 0 Å². The van der Waals surface area contributed by atoms with Crippen molar-refractivity contribution in [3.63, 3.8) is 0 Å². The van der Waals surface area contributed by atoms with Gasteiger partial charge in [0.2, 0.25) is 0 Å². The monoisotopic (exact) mass is 295 g/mol. The van der Waals surface area contributed by atoms with Crippen LogP contribution in [0, 0.1) is 0 Å². The molecule has 4 nitrogen and oxygen atoms in total. The minimum atomic E-state index is -0.114. The van der Waals surface area contributed by atoms with Gasteiger partial charge in [-0.05, 0) is 43.0 Å². The lowest BCUT2D eigenvalue weighted by molar-refractivity contribution is 0.0963. The highest BCUT2D eigenvalue weighted by Gasteiger charge is 2.05. The van der Waals surface area contributed by atoms with Crippen molar-refractivity contribution in [1.29, 1.82) is 0 Å². The van der Waals surface area contributed by atoms with E-state index in [9.17, 15) is 4.79 Å². The molecular weight excluding hydrogens is 270 g/mol. The van der Waals surface area contributed by atoms with Gasteiger partial charge in [-0.15, -0.1) is 0 Å². The molecule has 0 saturated heterocycles. The summed E-state index contributed by atoms with van der Waals surface area (Å²) in [6.45, 7) is 0.919. The summed E-state index contributed by atoms with van der Waals surface area (Å²) in [7, 11) is 1.61. The summed E-state index contributed by atoms with van der Waals surface area (Å²) >= 11 is 1.90. The van der Waals surface area contributed by atoms with Crippen LogP contribution in [0.4, 0.5) is 11.4 Å². The third-order valence-corrected chi connectivity index (χ3v) is 3.83. The smallest absolute Gasteiger partial charge is 0.251 e. The second kappa shape index (κ2) is 9.53. The number of anilines is 2. The molecule has 0 atom stereocenters. The molecule has 0 aromatic heterocycles. The van der Waals surface area contributed by atoms with Crippen LogP contribution in [0.2, 0.25) is 0 Å². The van der Waals surface area contributed by atoms with E-state index in [1.807, 2.05) is 17.8 Å². The van der Waals surface area contributed by atoms with Crippen LogP contribution in [0.15, 0.2) is 18.2 Å². The van der Waals surface area contributed by atoms with Gasteiger partial charge in [-0.3, -0.25) is 4.79 Å². The molecule has 0 aliphatic rings. The molecule has 1 amide bonds. The number of hydrogen-bond donors (Lipinski definition) is 3. The zero-order chi connectivity index (χ0) is 14.8. The van der Waals surface area contributed by atoms with Crippen LogP contribution in [-0.2, 0) is 0 Å².